The van der Waals surface area contributed by atoms with Crippen LogP contribution in [0.1, 0.15) is 43.9 Å². The summed E-state index contributed by atoms with van der Waals surface area (Å²) in [4.78, 5) is 55.0. The monoisotopic (exact) mass is 518 g/mol. The molecule has 1 aliphatic rings. The molecule has 37 heavy (non-hydrogen) atoms. The van der Waals surface area contributed by atoms with Gasteiger partial charge in [0.05, 0.1) is 28.5 Å². The number of H-pyrrole nitrogens is 1. The van der Waals surface area contributed by atoms with Crippen LogP contribution in [0.3, 0.4) is 0 Å². The first kappa shape index (κ1) is 24.2. The van der Waals surface area contributed by atoms with Gasteiger partial charge in [-0.15, -0.1) is 0 Å². The highest BCUT2D eigenvalue weighted by atomic mass is 35.5. The molecule has 3 amide bonds. The molecular weight excluding hydrogens is 496 g/mol. The lowest BCUT2D eigenvalue weighted by Gasteiger charge is -2.32. The molecule has 11 nitrogen and oxygen atoms in total. The number of para-hydroxylation sites is 1. The molecule has 0 spiro atoms. The third kappa shape index (κ3) is 5.36. The number of primary amides is 1. The number of anilines is 2. The van der Waals surface area contributed by atoms with Crippen LogP contribution in [0.5, 0.6) is 0 Å². The Bertz CT molecular complexity index is 1480. The lowest BCUT2D eigenvalue weighted by atomic mass is 10.0. The van der Waals surface area contributed by atoms with E-state index in [0.29, 0.717) is 46.2 Å². The van der Waals surface area contributed by atoms with Crippen molar-refractivity contribution in [1.29, 1.82) is 0 Å². The summed E-state index contributed by atoms with van der Waals surface area (Å²) in [5.41, 5.74) is 7.31. The molecule has 0 bridgehead atoms. The Balaban J connectivity index is 1.22. The van der Waals surface area contributed by atoms with Crippen molar-refractivity contribution in [3.8, 4) is 0 Å². The quantitative estimate of drug-likeness (QED) is 0.305. The maximum absolute atomic E-state index is 13.1. The lowest BCUT2D eigenvalue weighted by molar-refractivity contribution is 0.0718. The van der Waals surface area contributed by atoms with Crippen LogP contribution in [0, 0.1) is 0 Å². The number of nitrogens with zero attached hydrogens (tertiary/aromatic N) is 4. The second-order valence-electron chi connectivity index (χ2n) is 8.62. The highest BCUT2D eigenvalue weighted by molar-refractivity contribution is 6.30. The molecule has 5 rings (SSSR count). The molecule has 2 aromatic carbocycles. The standard InChI is InChI=1S/C25H23ClN8O3/c26-16-12-28-24(29-13-16)30-17-7-9-34(10-8-17)23(37)15-4-1-3-14(11-15)22(36)33-25-31-19-6-2-5-18(21(27)35)20(19)32-25/h1-6,11-13,17H,7-10H2,(H2,27,35)(H,28,29,30)(H2,31,32,33,36). The van der Waals surface area contributed by atoms with Gasteiger partial charge in [0, 0.05) is 30.3 Å². The van der Waals surface area contributed by atoms with E-state index in [4.69, 9.17) is 17.3 Å². The van der Waals surface area contributed by atoms with Gasteiger partial charge in [0.25, 0.3) is 17.7 Å². The zero-order valence-electron chi connectivity index (χ0n) is 19.6. The predicted molar refractivity (Wildman–Crippen MR) is 139 cm³/mol. The van der Waals surface area contributed by atoms with Crippen LogP contribution in [-0.4, -0.2) is 61.7 Å². The van der Waals surface area contributed by atoms with Gasteiger partial charge in [-0.2, -0.15) is 0 Å². The van der Waals surface area contributed by atoms with Gasteiger partial charge in [-0.25, -0.2) is 15.0 Å². The summed E-state index contributed by atoms with van der Waals surface area (Å²) in [6, 6.07) is 11.6. The van der Waals surface area contributed by atoms with E-state index in [1.165, 1.54) is 12.4 Å². The normalized spacial score (nSPS) is 13.9. The average molecular weight is 519 g/mol. The third-order valence-electron chi connectivity index (χ3n) is 6.12. The van der Waals surface area contributed by atoms with Crippen molar-refractivity contribution >= 4 is 52.3 Å². The van der Waals surface area contributed by atoms with E-state index in [-0.39, 0.29) is 23.5 Å². The van der Waals surface area contributed by atoms with Crippen molar-refractivity contribution in [3.63, 3.8) is 0 Å². The molecule has 4 aromatic rings. The van der Waals surface area contributed by atoms with Crippen LogP contribution in [0.15, 0.2) is 54.9 Å². The number of carbonyl (C=O) groups is 3. The zero-order valence-corrected chi connectivity index (χ0v) is 20.3. The number of aromatic amines is 1. The number of benzene rings is 2. The number of aromatic nitrogens is 4. The molecule has 1 fully saturated rings. The molecule has 2 aromatic heterocycles. The van der Waals surface area contributed by atoms with Crippen molar-refractivity contribution in [2.75, 3.05) is 23.7 Å². The van der Waals surface area contributed by atoms with Crippen LogP contribution in [-0.2, 0) is 0 Å². The predicted octanol–water partition coefficient (Wildman–Crippen LogP) is 3.07. The lowest BCUT2D eigenvalue weighted by Crippen LogP contribution is -2.42. The second kappa shape index (κ2) is 10.2. The third-order valence-corrected chi connectivity index (χ3v) is 6.31. The summed E-state index contributed by atoms with van der Waals surface area (Å²) in [5.74, 6) is -0.530. The number of nitrogens with two attached hydrogens (primary N) is 1. The van der Waals surface area contributed by atoms with Crippen LogP contribution >= 0.6 is 11.6 Å². The molecule has 0 atom stereocenters. The Labute approximate surface area is 216 Å². The molecule has 0 radical (unpaired) electrons. The first-order valence-corrected chi connectivity index (χ1v) is 12.0. The van der Waals surface area contributed by atoms with Crippen molar-refractivity contribution < 1.29 is 14.4 Å². The van der Waals surface area contributed by atoms with Gasteiger partial charge >= 0.3 is 0 Å². The van der Waals surface area contributed by atoms with Gasteiger partial charge in [0.15, 0.2) is 0 Å². The number of likely N-dealkylation sites (tertiary alicyclic amines) is 1. The number of nitrogens with one attached hydrogen (secondary N) is 3. The SMILES string of the molecule is NC(=O)c1cccc2[nH]c(NC(=O)c3cccc(C(=O)N4CCC(Nc5ncc(Cl)cn5)CC4)c3)nc12. The highest BCUT2D eigenvalue weighted by Crippen LogP contribution is 2.20. The smallest absolute Gasteiger partial charge is 0.257 e. The Morgan fingerprint density at radius 1 is 1.03 bits per heavy atom. The molecule has 188 valence electrons. The van der Waals surface area contributed by atoms with Crippen molar-refractivity contribution in [3.05, 3.63) is 76.6 Å². The van der Waals surface area contributed by atoms with E-state index in [0.717, 1.165) is 12.8 Å². The van der Waals surface area contributed by atoms with Crippen LogP contribution in [0.25, 0.3) is 11.0 Å². The molecule has 12 heteroatoms. The maximum atomic E-state index is 13.1. The van der Waals surface area contributed by atoms with Crippen LogP contribution < -0.4 is 16.4 Å². The average Bonchev–Trinajstić information content (AvgIpc) is 3.32. The zero-order chi connectivity index (χ0) is 25.9. The largest absolute Gasteiger partial charge is 0.366 e. The topological polar surface area (TPSA) is 159 Å². The highest BCUT2D eigenvalue weighted by Gasteiger charge is 2.25. The molecule has 5 N–H and O–H groups in total. The summed E-state index contributed by atoms with van der Waals surface area (Å²) in [6.07, 6.45) is 4.53. The van der Waals surface area contributed by atoms with Gasteiger partial charge in [-0.3, -0.25) is 19.7 Å². The summed E-state index contributed by atoms with van der Waals surface area (Å²) < 4.78 is 0. The van der Waals surface area contributed by atoms with E-state index in [1.54, 1.807) is 47.4 Å². The Morgan fingerprint density at radius 3 is 2.46 bits per heavy atom. The Morgan fingerprint density at radius 2 is 1.73 bits per heavy atom. The van der Waals surface area contributed by atoms with E-state index in [2.05, 4.69) is 30.6 Å². The number of rotatable bonds is 6. The van der Waals surface area contributed by atoms with Crippen LogP contribution in [0.2, 0.25) is 5.02 Å². The molecule has 1 aliphatic heterocycles. The summed E-state index contributed by atoms with van der Waals surface area (Å²) in [6.45, 7) is 1.11. The van der Waals surface area contributed by atoms with Crippen molar-refractivity contribution in [2.45, 2.75) is 18.9 Å². The molecule has 0 unspecified atom stereocenters. The van der Waals surface area contributed by atoms with Crippen molar-refractivity contribution in [2.24, 2.45) is 5.73 Å². The van der Waals surface area contributed by atoms with Gasteiger partial charge in [-0.05, 0) is 43.2 Å². The van der Waals surface area contributed by atoms with Crippen molar-refractivity contribution in [1.82, 2.24) is 24.8 Å². The van der Waals surface area contributed by atoms with Crippen LogP contribution in [0.4, 0.5) is 11.9 Å². The number of amides is 3. The number of piperidine rings is 1. The number of carbonyl (C=O) groups excluding carboxylic acids is 3. The minimum atomic E-state index is -0.612. The van der Waals surface area contributed by atoms with E-state index in [9.17, 15) is 14.4 Å². The second-order valence-corrected chi connectivity index (χ2v) is 9.06. The summed E-state index contributed by atoms with van der Waals surface area (Å²) in [5, 5.41) is 6.42. The fourth-order valence-corrected chi connectivity index (χ4v) is 4.34. The summed E-state index contributed by atoms with van der Waals surface area (Å²) >= 11 is 5.83. The first-order valence-electron chi connectivity index (χ1n) is 11.6. The number of fused-ring (bicyclic) bond motifs is 1. The minimum Gasteiger partial charge on any atom is -0.366 e. The fourth-order valence-electron chi connectivity index (χ4n) is 4.24. The van der Waals surface area contributed by atoms with Gasteiger partial charge in [0.1, 0.15) is 5.52 Å². The van der Waals surface area contributed by atoms with Gasteiger partial charge < -0.3 is 20.9 Å². The molecular formula is C25H23ClN8O3. The Hall–Kier alpha value is -4.51. The molecule has 1 saturated heterocycles. The molecule has 0 aliphatic carbocycles. The maximum Gasteiger partial charge on any atom is 0.257 e. The summed E-state index contributed by atoms with van der Waals surface area (Å²) in [7, 11) is 0. The van der Waals surface area contributed by atoms with Gasteiger partial charge in [0.2, 0.25) is 11.9 Å². The molecule has 3 heterocycles. The van der Waals surface area contributed by atoms with E-state index < -0.39 is 11.8 Å². The number of halogens is 1. The Kier molecular flexibility index (Phi) is 6.69. The fraction of sp³-hybridized carbons (Fsp3) is 0.200. The number of hydrogen-bond acceptors (Lipinski definition) is 7. The molecule has 0 saturated carbocycles. The van der Waals surface area contributed by atoms with E-state index >= 15 is 0 Å². The minimum absolute atomic E-state index is 0.140. The van der Waals surface area contributed by atoms with Gasteiger partial charge in [-0.1, -0.05) is 23.7 Å². The first-order chi connectivity index (χ1) is 17.9. The number of imidazole rings is 1. The van der Waals surface area contributed by atoms with E-state index in [1.807, 2.05) is 0 Å². The number of hydrogen-bond donors (Lipinski definition) is 4.